The molecule has 0 unspecified atom stereocenters. The van der Waals surface area contributed by atoms with Crippen molar-refractivity contribution in [3.8, 4) is 0 Å². The summed E-state index contributed by atoms with van der Waals surface area (Å²) in [6.07, 6.45) is 3.17. The van der Waals surface area contributed by atoms with Gasteiger partial charge < -0.3 is 9.42 Å². The predicted octanol–water partition coefficient (Wildman–Crippen LogP) is 3.67. The molecule has 158 valence electrons. The van der Waals surface area contributed by atoms with Gasteiger partial charge in [0.15, 0.2) is 15.7 Å². The summed E-state index contributed by atoms with van der Waals surface area (Å²) in [5.41, 5.74) is 0.782. The van der Waals surface area contributed by atoms with Gasteiger partial charge in [-0.3, -0.25) is 4.79 Å². The molecule has 1 aliphatic heterocycles. The second kappa shape index (κ2) is 8.26. The highest BCUT2D eigenvalue weighted by Gasteiger charge is 2.31. The topological polar surface area (TPSA) is 93.4 Å². The van der Waals surface area contributed by atoms with E-state index in [1.165, 1.54) is 0 Å². The molecule has 0 radical (unpaired) electrons. The molecule has 1 aromatic heterocycles. The van der Waals surface area contributed by atoms with Crippen LogP contribution in [0.1, 0.15) is 79.8 Å². The largest absolute Gasteiger partial charge is 0.339 e. The quantitative estimate of drug-likeness (QED) is 0.734. The number of aromatic nitrogens is 2. The number of amides is 1. The summed E-state index contributed by atoms with van der Waals surface area (Å²) in [7, 11) is -3.59. The first-order chi connectivity index (χ1) is 13.6. The van der Waals surface area contributed by atoms with Crippen molar-refractivity contribution in [3.05, 3.63) is 47.1 Å². The SMILES string of the molecule is C[C@H](c1nc(C(C)(C)C)no1)S(=O)(=O)Cc1cccc(C(=O)N2CCCCC2)c1. The molecule has 0 aliphatic carbocycles. The average molecular weight is 420 g/mol. The van der Waals surface area contributed by atoms with E-state index in [2.05, 4.69) is 10.1 Å². The van der Waals surface area contributed by atoms with E-state index < -0.39 is 15.1 Å². The van der Waals surface area contributed by atoms with Crippen LogP contribution in [0.15, 0.2) is 28.8 Å². The fourth-order valence-electron chi connectivity index (χ4n) is 3.29. The highest BCUT2D eigenvalue weighted by atomic mass is 32.2. The number of carbonyl (C=O) groups excluding carboxylic acids is 1. The van der Waals surface area contributed by atoms with Crippen LogP contribution in [0.25, 0.3) is 0 Å². The predicted molar refractivity (Wildman–Crippen MR) is 110 cm³/mol. The minimum Gasteiger partial charge on any atom is -0.339 e. The number of piperidine rings is 1. The summed E-state index contributed by atoms with van der Waals surface area (Å²) in [5.74, 6) is 0.338. The highest BCUT2D eigenvalue weighted by molar-refractivity contribution is 7.90. The molecule has 1 atom stereocenters. The Hall–Kier alpha value is -2.22. The van der Waals surface area contributed by atoms with Gasteiger partial charge in [-0.2, -0.15) is 4.98 Å². The standard InChI is InChI=1S/C21H29N3O4S/c1-15(18-22-20(23-28-18)21(2,3)4)29(26,27)14-16-9-8-10-17(13-16)19(25)24-11-6-5-7-12-24/h8-10,13,15H,5-7,11-12,14H2,1-4H3/t15-/m1/s1. The van der Waals surface area contributed by atoms with Crippen molar-refractivity contribution in [2.75, 3.05) is 13.1 Å². The van der Waals surface area contributed by atoms with Gasteiger partial charge in [-0.25, -0.2) is 8.42 Å². The zero-order valence-corrected chi connectivity index (χ0v) is 18.3. The van der Waals surface area contributed by atoms with Crippen molar-refractivity contribution >= 4 is 15.7 Å². The first-order valence-electron chi connectivity index (χ1n) is 10.0. The molecule has 1 fully saturated rings. The van der Waals surface area contributed by atoms with E-state index in [9.17, 15) is 13.2 Å². The van der Waals surface area contributed by atoms with E-state index in [0.29, 0.717) is 17.0 Å². The number of likely N-dealkylation sites (tertiary alicyclic amines) is 1. The van der Waals surface area contributed by atoms with Gasteiger partial charge in [-0.05, 0) is 43.9 Å². The van der Waals surface area contributed by atoms with Crippen molar-refractivity contribution in [2.24, 2.45) is 0 Å². The molecule has 7 nitrogen and oxygen atoms in total. The Morgan fingerprint density at radius 1 is 1.21 bits per heavy atom. The zero-order valence-electron chi connectivity index (χ0n) is 17.5. The van der Waals surface area contributed by atoms with Crippen LogP contribution in [0.5, 0.6) is 0 Å². The zero-order chi connectivity index (χ0) is 21.2. The van der Waals surface area contributed by atoms with Gasteiger partial charge in [0, 0.05) is 24.1 Å². The maximum absolute atomic E-state index is 12.9. The number of sulfone groups is 1. The lowest BCUT2D eigenvalue weighted by atomic mass is 9.96. The number of rotatable bonds is 5. The van der Waals surface area contributed by atoms with Crippen LogP contribution in [-0.2, 0) is 21.0 Å². The molecular weight excluding hydrogens is 390 g/mol. The van der Waals surface area contributed by atoms with E-state index in [-0.39, 0.29) is 23.0 Å². The van der Waals surface area contributed by atoms with Crippen LogP contribution in [0.2, 0.25) is 0 Å². The lowest BCUT2D eigenvalue weighted by Crippen LogP contribution is -2.35. The molecule has 1 aromatic carbocycles. The third kappa shape index (κ3) is 5.04. The molecule has 0 bridgehead atoms. The van der Waals surface area contributed by atoms with E-state index in [1.807, 2.05) is 25.7 Å². The van der Waals surface area contributed by atoms with E-state index in [4.69, 9.17) is 4.52 Å². The van der Waals surface area contributed by atoms with Crippen molar-refractivity contribution in [1.29, 1.82) is 0 Å². The Labute approximate surface area is 172 Å². The normalized spacial score (nSPS) is 16.6. The third-order valence-corrected chi connectivity index (χ3v) is 7.20. The molecule has 0 spiro atoms. The van der Waals surface area contributed by atoms with Gasteiger partial charge in [0.25, 0.3) is 5.91 Å². The maximum Gasteiger partial charge on any atom is 0.253 e. The molecule has 0 N–H and O–H groups in total. The van der Waals surface area contributed by atoms with Gasteiger partial charge >= 0.3 is 0 Å². The second-order valence-corrected chi connectivity index (χ2v) is 11.0. The van der Waals surface area contributed by atoms with Crippen LogP contribution < -0.4 is 0 Å². The van der Waals surface area contributed by atoms with Crippen molar-refractivity contribution in [1.82, 2.24) is 15.0 Å². The number of hydrogen-bond donors (Lipinski definition) is 0. The van der Waals surface area contributed by atoms with Crippen LogP contribution in [-0.4, -0.2) is 42.5 Å². The minimum absolute atomic E-state index is 0.0382. The van der Waals surface area contributed by atoms with E-state index in [1.54, 1.807) is 31.2 Å². The minimum atomic E-state index is -3.59. The Bertz CT molecular complexity index is 970. The van der Waals surface area contributed by atoms with Gasteiger partial charge in [0.2, 0.25) is 5.89 Å². The molecule has 29 heavy (non-hydrogen) atoms. The molecule has 8 heteroatoms. The molecule has 0 saturated carbocycles. The molecule has 3 rings (SSSR count). The summed E-state index contributed by atoms with van der Waals surface area (Å²) >= 11 is 0. The summed E-state index contributed by atoms with van der Waals surface area (Å²) in [5, 5.41) is 2.99. The summed E-state index contributed by atoms with van der Waals surface area (Å²) < 4.78 is 31.1. The summed E-state index contributed by atoms with van der Waals surface area (Å²) in [4.78, 5) is 18.8. The van der Waals surface area contributed by atoms with Crippen molar-refractivity contribution in [2.45, 2.75) is 63.4 Å². The lowest BCUT2D eigenvalue weighted by Gasteiger charge is -2.26. The van der Waals surface area contributed by atoms with Crippen molar-refractivity contribution < 1.29 is 17.7 Å². The van der Waals surface area contributed by atoms with E-state index >= 15 is 0 Å². The van der Waals surface area contributed by atoms with Crippen LogP contribution >= 0.6 is 0 Å². The van der Waals surface area contributed by atoms with E-state index in [0.717, 1.165) is 32.4 Å². The Morgan fingerprint density at radius 3 is 2.52 bits per heavy atom. The van der Waals surface area contributed by atoms with Gasteiger partial charge in [0.1, 0.15) is 5.25 Å². The average Bonchev–Trinajstić information content (AvgIpc) is 3.18. The molecule has 1 aliphatic rings. The second-order valence-electron chi connectivity index (χ2n) is 8.71. The number of nitrogens with zero attached hydrogens (tertiary/aromatic N) is 3. The monoisotopic (exact) mass is 419 g/mol. The first-order valence-corrected chi connectivity index (χ1v) is 11.7. The fraction of sp³-hybridized carbons (Fsp3) is 0.571. The molecule has 2 aromatic rings. The molecule has 1 saturated heterocycles. The number of benzene rings is 1. The molecular formula is C21H29N3O4S. The van der Waals surface area contributed by atoms with Crippen LogP contribution in [0, 0.1) is 0 Å². The first kappa shape index (κ1) is 21.5. The lowest BCUT2D eigenvalue weighted by molar-refractivity contribution is 0.0724. The van der Waals surface area contributed by atoms with Crippen molar-refractivity contribution in [3.63, 3.8) is 0 Å². The summed E-state index contributed by atoms with van der Waals surface area (Å²) in [6, 6.07) is 6.88. The third-order valence-electron chi connectivity index (χ3n) is 5.18. The Kier molecular flexibility index (Phi) is 6.12. The smallest absolute Gasteiger partial charge is 0.253 e. The van der Waals surface area contributed by atoms with Gasteiger partial charge in [0.05, 0.1) is 5.75 Å². The Balaban J connectivity index is 1.76. The van der Waals surface area contributed by atoms with Gasteiger partial charge in [-0.1, -0.05) is 38.1 Å². The van der Waals surface area contributed by atoms with Crippen LogP contribution in [0.4, 0.5) is 0 Å². The summed E-state index contributed by atoms with van der Waals surface area (Å²) in [6.45, 7) is 8.87. The number of hydrogen-bond acceptors (Lipinski definition) is 6. The number of carbonyl (C=O) groups is 1. The highest BCUT2D eigenvalue weighted by Crippen LogP contribution is 2.27. The molecule has 1 amide bonds. The fourth-order valence-corrected chi connectivity index (χ4v) is 4.59. The van der Waals surface area contributed by atoms with Crippen LogP contribution in [0.3, 0.4) is 0 Å². The Morgan fingerprint density at radius 2 is 1.90 bits per heavy atom. The van der Waals surface area contributed by atoms with Gasteiger partial charge in [-0.15, -0.1) is 0 Å². The molecule has 2 heterocycles. The maximum atomic E-state index is 12.9.